The monoisotopic (exact) mass is 176 g/mol. The molecule has 1 rings (SSSR count). The van der Waals surface area contributed by atoms with Crippen molar-refractivity contribution in [2.24, 2.45) is 0 Å². The Morgan fingerprint density at radius 1 is 1.64 bits per heavy atom. The molecule has 0 bridgehead atoms. The predicted molar refractivity (Wildman–Crippen MR) is 47.9 cm³/mol. The van der Waals surface area contributed by atoms with Crippen molar-refractivity contribution in [2.45, 2.75) is 25.6 Å². The van der Waals surface area contributed by atoms with Gasteiger partial charge in [-0.3, -0.25) is 0 Å². The molecule has 0 saturated carbocycles. The fourth-order valence-electron chi connectivity index (χ4n) is 1.10. The Morgan fingerprint density at radius 2 is 2.55 bits per heavy atom. The highest BCUT2D eigenvalue weighted by Gasteiger charge is 2.14. The van der Waals surface area contributed by atoms with Crippen molar-refractivity contribution >= 4 is 11.8 Å². The Bertz CT molecular complexity index is 92.1. The van der Waals surface area contributed by atoms with Gasteiger partial charge in [-0.05, 0) is 24.9 Å². The molecule has 11 heavy (non-hydrogen) atoms. The van der Waals surface area contributed by atoms with Crippen LogP contribution in [0.15, 0.2) is 0 Å². The van der Waals surface area contributed by atoms with Gasteiger partial charge in [-0.15, -0.1) is 0 Å². The van der Waals surface area contributed by atoms with Crippen LogP contribution >= 0.6 is 11.8 Å². The van der Waals surface area contributed by atoms with Crippen LogP contribution in [0.4, 0.5) is 0 Å². The SMILES string of the molecule is CSCCCOC1CCCO1. The zero-order chi connectivity index (χ0) is 7.94. The van der Waals surface area contributed by atoms with Crippen molar-refractivity contribution in [1.82, 2.24) is 0 Å². The van der Waals surface area contributed by atoms with E-state index in [9.17, 15) is 0 Å². The van der Waals surface area contributed by atoms with Crippen molar-refractivity contribution in [3.63, 3.8) is 0 Å². The molecule has 66 valence electrons. The van der Waals surface area contributed by atoms with E-state index in [2.05, 4.69) is 6.26 Å². The van der Waals surface area contributed by atoms with Gasteiger partial charge in [0.1, 0.15) is 0 Å². The first-order chi connectivity index (χ1) is 5.43. The molecule has 0 aromatic heterocycles. The Kier molecular flexibility index (Phi) is 4.99. The van der Waals surface area contributed by atoms with E-state index in [4.69, 9.17) is 9.47 Å². The molecule has 0 aromatic rings. The van der Waals surface area contributed by atoms with Crippen LogP contribution in [0.2, 0.25) is 0 Å². The summed E-state index contributed by atoms with van der Waals surface area (Å²) in [4.78, 5) is 0. The fraction of sp³-hybridized carbons (Fsp3) is 1.00. The number of hydrogen-bond donors (Lipinski definition) is 0. The minimum absolute atomic E-state index is 0.108. The van der Waals surface area contributed by atoms with Gasteiger partial charge in [0.25, 0.3) is 0 Å². The average molecular weight is 176 g/mol. The van der Waals surface area contributed by atoms with E-state index in [0.29, 0.717) is 0 Å². The molecular formula is C8H16O2S. The minimum Gasteiger partial charge on any atom is -0.353 e. The molecular weight excluding hydrogens is 160 g/mol. The van der Waals surface area contributed by atoms with Crippen LogP contribution < -0.4 is 0 Å². The van der Waals surface area contributed by atoms with Crippen LogP contribution in [0, 0.1) is 0 Å². The summed E-state index contributed by atoms with van der Waals surface area (Å²) in [6, 6.07) is 0. The molecule has 1 fully saturated rings. The first-order valence-corrected chi connectivity index (χ1v) is 5.55. The summed E-state index contributed by atoms with van der Waals surface area (Å²) in [6.45, 7) is 1.73. The van der Waals surface area contributed by atoms with E-state index in [1.54, 1.807) is 0 Å². The highest BCUT2D eigenvalue weighted by molar-refractivity contribution is 7.98. The molecule has 3 heteroatoms. The Morgan fingerprint density at radius 3 is 3.18 bits per heavy atom. The zero-order valence-corrected chi connectivity index (χ0v) is 7.86. The molecule has 0 amide bonds. The van der Waals surface area contributed by atoms with Crippen LogP contribution in [0.3, 0.4) is 0 Å². The molecule has 0 radical (unpaired) electrons. The van der Waals surface area contributed by atoms with Gasteiger partial charge < -0.3 is 9.47 Å². The molecule has 0 aliphatic carbocycles. The predicted octanol–water partition coefficient (Wildman–Crippen LogP) is 1.89. The van der Waals surface area contributed by atoms with Crippen molar-refractivity contribution in [1.29, 1.82) is 0 Å². The minimum atomic E-state index is 0.108. The van der Waals surface area contributed by atoms with Gasteiger partial charge in [0.05, 0.1) is 6.61 Å². The van der Waals surface area contributed by atoms with E-state index in [-0.39, 0.29) is 6.29 Å². The van der Waals surface area contributed by atoms with E-state index < -0.39 is 0 Å². The molecule has 1 saturated heterocycles. The van der Waals surface area contributed by atoms with E-state index in [1.165, 1.54) is 5.75 Å². The quantitative estimate of drug-likeness (QED) is 0.596. The molecule has 1 heterocycles. The lowest BCUT2D eigenvalue weighted by Crippen LogP contribution is -2.11. The van der Waals surface area contributed by atoms with Crippen LogP contribution in [-0.2, 0) is 9.47 Å². The maximum Gasteiger partial charge on any atom is 0.157 e. The van der Waals surface area contributed by atoms with Gasteiger partial charge in [-0.25, -0.2) is 0 Å². The van der Waals surface area contributed by atoms with Gasteiger partial charge in [-0.1, -0.05) is 0 Å². The Labute approximate surface area is 72.6 Å². The molecule has 1 atom stereocenters. The van der Waals surface area contributed by atoms with Crippen molar-refractivity contribution in [2.75, 3.05) is 25.2 Å². The summed E-state index contributed by atoms with van der Waals surface area (Å²) in [5.41, 5.74) is 0. The normalized spacial score (nSPS) is 24.3. The van der Waals surface area contributed by atoms with Crippen LogP contribution in [0.5, 0.6) is 0 Å². The molecule has 0 aromatic carbocycles. The average Bonchev–Trinajstić information content (AvgIpc) is 2.50. The summed E-state index contributed by atoms with van der Waals surface area (Å²) in [6.07, 6.45) is 5.61. The van der Waals surface area contributed by atoms with Crippen LogP contribution in [0.1, 0.15) is 19.3 Å². The lowest BCUT2D eigenvalue weighted by Gasteiger charge is -2.09. The molecule has 0 N–H and O–H groups in total. The van der Waals surface area contributed by atoms with Gasteiger partial charge in [-0.2, -0.15) is 11.8 Å². The fourth-order valence-corrected chi connectivity index (χ4v) is 1.50. The first-order valence-electron chi connectivity index (χ1n) is 4.15. The Hall–Kier alpha value is 0.270. The third kappa shape index (κ3) is 3.99. The van der Waals surface area contributed by atoms with Crippen molar-refractivity contribution in [3.05, 3.63) is 0 Å². The molecule has 1 aliphatic rings. The van der Waals surface area contributed by atoms with Crippen LogP contribution in [0.25, 0.3) is 0 Å². The van der Waals surface area contributed by atoms with Gasteiger partial charge in [0, 0.05) is 13.0 Å². The summed E-state index contributed by atoms with van der Waals surface area (Å²) < 4.78 is 10.8. The third-order valence-electron chi connectivity index (χ3n) is 1.68. The number of thioether (sulfide) groups is 1. The summed E-state index contributed by atoms with van der Waals surface area (Å²) in [7, 11) is 0. The maximum atomic E-state index is 5.47. The van der Waals surface area contributed by atoms with E-state index >= 15 is 0 Å². The number of rotatable bonds is 5. The molecule has 1 unspecified atom stereocenters. The van der Waals surface area contributed by atoms with E-state index in [1.807, 2.05) is 11.8 Å². The second kappa shape index (κ2) is 5.86. The lowest BCUT2D eigenvalue weighted by molar-refractivity contribution is -0.110. The van der Waals surface area contributed by atoms with Gasteiger partial charge in [0.15, 0.2) is 6.29 Å². The first kappa shape index (κ1) is 9.36. The van der Waals surface area contributed by atoms with Crippen molar-refractivity contribution < 1.29 is 9.47 Å². The van der Waals surface area contributed by atoms with Gasteiger partial charge in [0.2, 0.25) is 0 Å². The number of ether oxygens (including phenoxy) is 2. The molecule has 2 nitrogen and oxygen atoms in total. The summed E-state index contributed by atoms with van der Waals surface area (Å²) in [5, 5.41) is 0. The third-order valence-corrected chi connectivity index (χ3v) is 2.38. The van der Waals surface area contributed by atoms with Gasteiger partial charge >= 0.3 is 0 Å². The lowest BCUT2D eigenvalue weighted by atomic mass is 10.4. The number of hydrogen-bond acceptors (Lipinski definition) is 3. The second-order valence-electron chi connectivity index (χ2n) is 2.66. The smallest absolute Gasteiger partial charge is 0.157 e. The summed E-state index contributed by atoms with van der Waals surface area (Å²) >= 11 is 1.86. The largest absolute Gasteiger partial charge is 0.353 e. The topological polar surface area (TPSA) is 18.5 Å². The summed E-state index contributed by atoms with van der Waals surface area (Å²) in [5.74, 6) is 1.19. The highest BCUT2D eigenvalue weighted by Crippen LogP contribution is 2.13. The molecule has 0 spiro atoms. The highest BCUT2D eigenvalue weighted by atomic mass is 32.2. The standard InChI is InChI=1S/C8H16O2S/c1-11-7-3-6-10-8-4-2-5-9-8/h8H,2-7H2,1H3. The van der Waals surface area contributed by atoms with Crippen LogP contribution in [-0.4, -0.2) is 31.5 Å². The molecule has 1 aliphatic heterocycles. The maximum absolute atomic E-state index is 5.47. The second-order valence-corrected chi connectivity index (χ2v) is 3.65. The van der Waals surface area contributed by atoms with Crippen molar-refractivity contribution in [3.8, 4) is 0 Å². The zero-order valence-electron chi connectivity index (χ0n) is 7.04. The Balaban J connectivity index is 1.86. The van der Waals surface area contributed by atoms with E-state index in [0.717, 1.165) is 32.5 Å².